The van der Waals surface area contributed by atoms with Gasteiger partial charge in [0.05, 0.1) is 10.6 Å². The van der Waals surface area contributed by atoms with E-state index in [1.54, 1.807) is 6.08 Å². The summed E-state index contributed by atoms with van der Waals surface area (Å²) in [6.45, 7) is 2.11. The van der Waals surface area contributed by atoms with Gasteiger partial charge in [-0.05, 0) is 71.7 Å². The quantitative estimate of drug-likeness (QED) is 0.265. The van der Waals surface area contributed by atoms with Crippen LogP contribution in [0.15, 0.2) is 103 Å². The first kappa shape index (κ1) is 24.3. The molecule has 2 N–H and O–H groups in total. The van der Waals surface area contributed by atoms with Crippen LogP contribution in [0.25, 0.3) is 11.1 Å². The maximum Gasteiger partial charge on any atom is 0.189 e. The third kappa shape index (κ3) is 6.00. The minimum atomic E-state index is -0.368. The molecule has 0 aromatic heterocycles. The van der Waals surface area contributed by atoms with E-state index in [4.69, 9.17) is 11.6 Å². The smallest absolute Gasteiger partial charge is 0.189 e. The maximum atomic E-state index is 13.1. The SMILES string of the molecule is CC1=CC=CCC=C1c1ccc(C(=CC(=O)c2cc(Cl)c(O)cc2O)CCc2ccccc2)cc1. The number of halogens is 1. The van der Waals surface area contributed by atoms with Gasteiger partial charge in [0.1, 0.15) is 11.5 Å². The van der Waals surface area contributed by atoms with E-state index in [2.05, 4.69) is 55.5 Å². The summed E-state index contributed by atoms with van der Waals surface area (Å²) in [6.07, 6.45) is 12.4. The molecule has 0 saturated carbocycles. The second-order valence-corrected chi connectivity index (χ2v) is 8.96. The number of aryl methyl sites for hydroxylation is 1. The van der Waals surface area contributed by atoms with Gasteiger partial charge in [-0.2, -0.15) is 0 Å². The molecule has 0 amide bonds. The summed E-state index contributed by atoms with van der Waals surface area (Å²) in [7, 11) is 0. The number of benzene rings is 3. The number of rotatable bonds is 7. The van der Waals surface area contributed by atoms with E-state index in [0.717, 1.165) is 35.6 Å². The molecule has 0 bridgehead atoms. The highest BCUT2D eigenvalue weighted by Gasteiger charge is 2.15. The first-order chi connectivity index (χ1) is 16.9. The lowest BCUT2D eigenvalue weighted by Crippen LogP contribution is -1.99. The molecule has 35 heavy (non-hydrogen) atoms. The maximum absolute atomic E-state index is 13.1. The molecule has 0 unspecified atom stereocenters. The summed E-state index contributed by atoms with van der Waals surface area (Å²) in [5.41, 5.74) is 6.57. The molecule has 3 aromatic carbocycles. The summed E-state index contributed by atoms with van der Waals surface area (Å²) in [4.78, 5) is 13.1. The van der Waals surface area contributed by atoms with E-state index in [0.29, 0.717) is 6.42 Å². The predicted molar refractivity (Wildman–Crippen MR) is 144 cm³/mol. The van der Waals surface area contributed by atoms with Crippen molar-refractivity contribution in [3.63, 3.8) is 0 Å². The van der Waals surface area contributed by atoms with E-state index in [-0.39, 0.29) is 27.9 Å². The third-order valence-corrected chi connectivity index (χ3v) is 6.40. The van der Waals surface area contributed by atoms with Crippen LogP contribution < -0.4 is 0 Å². The van der Waals surface area contributed by atoms with Crippen molar-refractivity contribution in [3.8, 4) is 11.5 Å². The zero-order valence-corrected chi connectivity index (χ0v) is 20.3. The standard InChI is InChI=1S/C31H27ClO3/c1-21-8-4-2-7-11-26(21)24-16-14-23(15-17-24)25(13-12-22-9-5-3-6-10-22)18-29(33)27-19-28(32)31(35)20-30(27)34/h2-6,8-11,14-20,34-35H,7,12-13H2,1H3. The van der Waals surface area contributed by atoms with Crippen LogP contribution in [0.3, 0.4) is 0 Å². The van der Waals surface area contributed by atoms with Crippen molar-refractivity contribution < 1.29 is 15.0 Å². The molecule has 1 aliphatic carbocycles. The van der Waals surface area contributed by atoms with Crippen molar-refractivity contribution in [2.45, 2.75) is 26.2 Å². The average Bonchev–Trinajstić information content (AvgIpc) is 3.09. The van der Waals surface area contributed by atoms with Gasteiger partial charge < -0.3 is 10.2 Å². The molecule has 3 aromatic rings. The van der Waals surface area contributed by atoms with Crippen molar-refractivity contribution in [1.82, 2.24) is 0 Å². The molecule has 0 atom stereocenters. The summed E-state index contributed by atoms with van der Waals surface area (Å²) in [6, 6.07) is 20.7. The summed E-state index contributed by atoms with van der Waals surface area (Å²) < 4.78 is 0. The molecule has 4 heteroatoms. The summed E-state index contributed by atoms with van der Waals surface area (Å²) in [5.74, 6) is -0.938. The largest absolute Gasteiger partial charge is 0.507 e. The molecule has 4 rings (SSSR count). The monoisotopic (exact) mass is 482 g/mol. The van der Waals surface area contributed by atoms with Crippen LogP contribution in [0.5, 0.6) is 11.5 Å². The number of allylic oxidation sites excluding steroid dienone is 8. The highest BCUT2D eigenvalue weighted by atomic mass is 35.5. The second kappa shape index (κ2) is 11.1. The Morgan fingerprint density at radius 3 is 2.49 bits per heavy atom. The van der Waals surface area contributed by atoms with E-state index in [1.807, 2.05) is 30.3 Å². The van der Waals surface area contributed by atoms with Gasteiger partial charge in [-0.15, -0.1) is 0 Å². The predicted octanol–water partition coefficient (Wildman–Crippen LogP) is 7.94. The molecule has 0 fully saturated rings. The molecule has 3 nitrogen and oxygen atoms in total. The zero-order chi connectivity index (χ0) is 24.8. The minimum Gasteiger partial charge on any atom is -0.507 e. The lowest BCUT2D eigenvalue weighted by Gasteiger charge is -2.12. The lowest BCUT2D eigenvalue weighted by molar-refractivity contribution is 0.104. The highest BCUT2D eigenvalue weighted by Crippen LogP contribution is 2.33. The average molecular weight is 483 g/mol. The topological polar surface area (TPSA) is 57.5 Å². The van der Waals surface area contributed by atoms with Gasteiger partial charge in [0.2, 0.25) is 0 Å². The Bertz CT molecular complexity index is 1340. The Balaban J connectivity index is 1.67. The number of carbonyl (C=O) groups excluding carboxylic acids is 1. The number of aromatic hydroxyl groups is 2. The molecule has 0 spiro atoms. The molecule has 0 radical (unpaired) electrons. The van der Waals surface area contributed by atoms with Crippen molar-refractivity contribution in [1.29, 1.82) is 0 Å². The van der Waals surface area contributed by atoms with Crippen LogP contribution >= 0.6 is 11.6 Å². The molecule has 1 aliphatic rings. The van der Waals surface area contributed by atoms with Gasteiger partial charge >= 0.3 is 0 Å². The Labute approximate surface area is 211 Å². The van der Waals surface area contributed by atoms with Crippen LogP contribution in [0.1, 0.15) is 46.8 Å². The normalized spacial score (nSPS) is 13.7. The number of ketones is 1. The van der Waals surface area contributed by atoms with E-state index < -0.39 is 0 Å². The van der Waals surface area contributed by atoms with Crippen LogP contribution in [-0.2, 0) is 6.42 Å². The number of phenols is 2. The second-order valence-electron chi connectivity index (χ2n) is 8.55. The van der Waals surface area contributed by atoms with Crippen LogP contribution in [0.4, 0.5) is 0 Å². The molecule has 176 valence electrons. The van der Waals surface area contributed by atoms with Crippen molar-refractivity contribution in [2.75, 3.05) is 0 Å². The van der Waals surface area contributed by atoms with E-state index in [1.165, 1.54) is 22.8 Å². The lowest BCUT2D eigenvalue weighted by atomic mass is 9.92. The van der Waals surface area contributed by atoms with Gasteiger partial charge in [-0.25, -0.2) is 0 Å². The molecular weight excluding hydrogens is 456 g/mol. The molecule has 0 aliphatic heterocycles. The fraction of sp³-hybridized carbons (Fsp3) is 0.129. The third-order valence-electron chi connectivity index (χ3n) is 6.09. The summed E-state index contributed by atoms with van der Waals surface area (Å²) >= 11 is 5.99. The van der Waals surface area contributed by atoms with Crippen molar-refractivity contribution in [2.24, 2.45) is 0 Å². The van der Waals surface area contributed by atoms with Crippen LogP contribution in [0, 0.1) is 0 Å². The number of phenolic OH excluding ortho intramolecular Hbond substituents is 2. The van der Waals surface area contributed by atoms with Gasteiger partial charge in [-0.3, -0.25) is 4.79 Å². The molecule has 0 heterocycles. The number of carbonyl (C=O) groups is 1. The molecule has 0 saturated heterocycles. The first-order valence-electron chi connectivity index (χ1n) is 11.6. The summed E-state index contributed by atoms with van der Waals surface area (Å²) in [5, 5.41) is 20.0. The van der Waals surface area contributed by atoms with Crippen LogP contribution in [-0.4, -0.2) is 16.0 Å². The Kier molecular flexibility index (Phi) is 7.69. The fourth-order valence-electron chi connectivity index (χ4n) is 4.14. The molecular formula is C31H27ClO3. The zero-order valence-electron chi connectivity index (χ0n) is 19.5. The van der Waals surface area contributed by atoms with E-state index >= 15 is 0 Å². The Morgan fingerprint density at radius 1 is 1.00 bits per heavy atom. The number of hydrogen-bond acceptors (Lipinski definition) is 3. The highest BCUT2D eigenvalue weighted by molar-refractivity contribution is 6.32. The number of hydrogen-bond donors (Lipinski definition) is 2. The van der Waals surface area contributed by atoms with Gasteiger partial charge in [0.25, 0.3) is 0 Å². The Hall–Kier alpha value is -3.82. The fourth-order valence-corrected chi connectivity index (χ4v) is 4.31. The first-order valence-corrected chi connectivity index (χ1v) is 12.0. The van der Waals surface area contributed by atoms with Gasteiger partial charge in [-0.1, -0.05) is 90.5 Å². The van der Waals surface area contributed by atoms with Crippen LogP contribution in [0.2, 0.25) is 5.02 Å². The van der Waals surface area contributed by atoms with Gasteiger partial charge in [0.15, 0.2) is 5.78 Å². The Morgan fingerprint density at radius 2 is 1.74 bits per heavy atom. The van der Waals surface area contributed by atoms with E-state index in [9.17, 15) is 15.0 Å². The van der Waals surface area contributed by atoms with Gasteiger partial charge in [0, 0.05) is 6.07 Å². The van der Waals surface area contributed by atoms with Crippen molar-refractivity contribution in [3.05, 3.63) is 130 Å². The minimum absolute atomic E-state index is 0.0179. The van der Waals surface area contributed by atoms with Crippen molar-refractivity contribution >= 4 is 28.5 Å².